The number of nitrogens with zero attached hydrogens (tertiary/aromatic N) is 3. The van der Waals surface area contributed by atoms with E-state index in [0.29, 0.717) is 25.4 Å². The first-order chi connectivity index (χ1) is 18.1. The number of pyridine rings is 1. The highest BCUT2D eigenvalue weighted by Gasteiger charge is 2.34. The van der Waals surface area contributed by atoms with Crippen molar-refractivity contribution in [2.24, 2.45) is 0 Å². The van der Waals surface area contributed by atoms with E-state index in [9.17, 15) is 9.90 Å². The van der Waals surface area contributed by atoms with Gasteiger partial charge in [-0.05, 0) is 53.8 Å². The van der Waals surface area contributed by atoms with E-state index in [1.54, 1.807) is 13.3 Å². The molecule has 0 bridgehead atoms. The Hall–Kier alpha value is -3.74. The summed E-state index contributed by atoms with van der Waals surface area (Å²) < 4.78 is 5.38. The normalized spacial score (nSPS) is 16.8. The lowest BCUT2D eigenvalue weighted by molar-refractivity contribution is -0.142. The molecule has 5 rings (SSSR count). The number of hydrogen-bond acceptors (Lipinski definition) is 5. The van der Waals surface area contributed by atoms with Crippen molar-refractivity contribution in [2.75, 3.05) is 20.2 Å². The molecule has 1 aliphatic rings. The summed E-state index contributed by atoms with van der Waals surface area (Å²) in [7, 11) is 1.62. The molecule has 6 nitrogen and oxygen atoms in total. The smallest absolute Gasteiger partial charge is 0.240 e. The quantitative estimate of drug-likeness (QED) is 0.355. The molecule has 0 saturated carbocycles. The molecule has 3 aromatic carbocycles. The minimum atomic E-state index is -0.822. The van der Waals surface area contributed by atoms with Crippen LogP contribution in [0.1, 0.15) is 35.6 Å². The molecule has 1 fully saturated rings. The number of benzene rings is 3. The number of carbonyl (C=O) groups excluding carboxylic acids is 1. The molecule has 4 aromatic rings. The highest BCUT2D eigenvalue weighted by atomic mass is 16.5. The molecular weight excluding hydrogens is 462 g/mol. The second-order valence-corrected chi connectivity index (χ2v) is 9.62. The fraction of sp³-hybridized carbons (Fsp3) is 0.290. The molecule has 6 heteroatoms. The maximum atomic E-state index is 13.8. The molecule has 190 valence electrons. The van der Waals surface area contributed by atoms with Crippen molar-refractivity contribution in [1.82, 2.24) is 14.8 Å². The molecule has 2 atom stereocenters. The molecule has 1 saturated heterocycles. The number of aliphatic hydroxyl groups is 1. The van der Waals surface area contributed by atoms with Crippen LogP contribution in [0.4, 0.5) is 0 Å². The first kappa shape index (κ1) is 24.9. The first-order valence-electron chi connectivity index (χ1n) is 12.8. The minimum absolute atomic E-state index is 0.0769. The third-order valence-corrected chi connectivity index (χ3v) is 7.13. The van der Waals surface area contributed by atoms with Gasteiger partial charge in [-0.15, -0.1) is 0 Å². The van der Waals surface area contributed by atoms with E-state index in [2.05, 4.69) is 34.1 Å². The summed E-state index contributed by atoms with van der Waals surface area (Å²) in [5.41, 5.74) is 3.91. The molecule has 1 amide bonds. The van der Waals surface area contributed by atoms with Crippen LogP contribution >= 0.6 is 0 Å². The van der Waals surface area contributed by atoms with Gasteiger partial charge in [-0.1, -0.05) is 60.7 Å². The summed E-state index contributed by atoms with van der Waals surface area (Å²) in [6.07, 6.45) is 2.58. The van der Waals surface area contributed by atoms with Gasteiger partial charge in [0.2, 0.25) is 5.91 Å². The van der Waals surface area contributed by atoms with Crippen LogP contribution in [0.25, 0.3) is 10.9 Å². The Morgan fingerprint density at radius 1 is 1.00 bits per heavy atom. The average Bonchev–Trinajstić information content (AvgIpc) is 2.94. The standard InChI is InChI=1S/C31H33N3O3/c1-37-25-14-15-28-27(19-25)26(16-17-32-28)30(35)22-33-18-8-13-29(31(33)36)34(20-23-9-4-2-5-10-23)21-24-11-6-3-7-12-24/h2-7,9-12,14-17,19,29-30,35H,8,13,18,20-22H2,1H3/t29?,30-/m0/s1. The van der Waals surface area contributed by atoms with Gasteiger partial charge in [0, 0.05) is 31.2 Å². The van der Waals surface area contributed by atoms with Gasteiger partial charge in [0.15, 0.2) is 0 Å². The number of ether oxygens (including phenoxy) is 1. The van der Waals surface area contributed by atoms with Crippen molar-refractivity contribution < 1.29 is 14.6 Å². The van der Waals surface area contributed by atoms with Gasteiger partial charge in [0.25, 0.3) is 0 Å². The fourth-order valence-corrected chi connectivity index (χ4v) is 5.22. The van der Waals surface area contributed by atoms with Crippen molar-refractivity contribution in [1.29, 1.82) is 0 Å². The number of fused-ring (bicyclic) bond motifs is 1. The van der Waals surface area contributed by atoms with Crippen LogP contribution in [0.3, 0.4) is 0 Å². The molecule has 1 aliphatic heterocycles. The van der Waals surface area contributed by atoms with E-state index in [-0.39, 0.29) is 18.5 Å². The third-order valence-electron chi connectivity index (χ3n) is 7.13. The van der Waals surface area contributed by atoms with E-state index < -0.39 is 6.10 Å². The number of β-amino-alcohol motifs (C(OH)–C–C–N with tert-alkyl or cyclic N) is 1. The number of likely N-dealkylation sites (tertiary alicyclic amines) is 1. The van der Waals surface area contributed by atoms with Crippen molar-refractivity contribution in [3.05, 3.63) is 108 Å². The molecule has 0 spiro atoms. The highest BCUT2D eigenvalue weighted by molar-refractivity contribution is 5.85. The lowest BCUT2D eigenvalue weighted by atomic mass is 9.98. The Balaban J connectivity index is 1.37. The summed E-state index contributed by atoms with van der Waals surface area (Å²) in [5, 5.41) is 12.1. The second kappa shape index (κ2) is 11.5. The molecule has 1 unspecified atom stereocenters. The maximum Gasteiger partial charge on any atom is 0.240 e. The number of rotatable bonds is 9. The molecule has 1 aromatic heterocycles. The molecular formula is C31H33N3O3. The molecule has 0 aliphatic carbocycles. The summed E-state index contributed by atoms with van der Waals surface area (Å²) >= 11 is 0. The summed E-state index contributed by atoms with van der Waals surface area (Å²) in [4.78, 5) is 22.3. The predicted octanol–water partition coefficient (Wildman–Crippen LogP) is 4.97. The number of piperidine rings is 1. The lowest BCUT2D eigenvalue weighted by Crippen LogP contribution is -2.52. The van der Waals surface area contributed by atoms with Crippen molar-refractivity contribution in [3.8, 4) is 5.75 Å². The summed E-state index contributed by atoms with van der Waals surface area (Å²) in [6, 6.07) is 27.8. The highest BCUT2D eigenvalue weighted by Crippen LogP contribution is 2.29. The number of carbonyl (C=O) groups is 1. The molecule has 37 heavy (non-hydrogen) atoms. The van der Waals surface area contributed by atoms with Crippen molar-refractivity contribution >= 4 is 16.8 Å². The summed E-state index contributed by atoms with van der Waals surface area (Å²) in [6.45, 7) is 2.27. The van der Waals surface area contributed by atoms with E-state index in [1.165, 1.54) is 11.1 Å². The zero-order valence-corrected chi connectivity index (χ0v) is 21.2. The van der Waals surface area contributed by atoms with Gasteiger partial charge in [-0.2, -0.15) is 0 Å². The number of aromatic nitrogens is 1. The average molecular weight is 496 g/mol. The fourth-order valence-electron chi connectivity index (χ4n) is 5.22. The van der Waals surface area contributed by atoms with E-state index in [0.717, 1.165) is 29.3 Å². The third kappa shape index (κ3) is 5.82. The van der Waals surface area contributed by atoms with Crippen LogP contribution in [0, 0.1) is 0 Å². The van der Waals surface area contributed by atoms with E-state index in [4.69, 9.17) is 4.74 Å². The number of amides is 1. The van der Waals surface area contributed by atoms with Crippen LogP contribution in [-0.2, 0) is 17.9 Å². The number of hydrogen-bond donors (Lipinski definition) is 1. The Kier molecular flexibility index (Phi) is 7.78. The Labute approximate surface area is 218 Å². The monoisotopic (exact) mass is 495 g/mol. The number of methoxy groups -OCH3 is 1. The first-order valence-corrected chi connectivity index (χ1v) is 12.8. The topological polar surface area (TPSA) is 65.9 Å². The molecule has 2 heterocycles. The van der Waals surface area contributed by atoms with Gasteiger partial charge in [0.05, 0.1) is 31.3 Å². The Morgan fingerprint density at radius 3 is 2.32 bits per heavy atom. The van der Waals surface area contributed by atoms with Gasteiger partial charge in [-0.3, -0.25) is 14.7 Å². The van der Waals surface area contributed by atoms with Crippen molar-refractivity contribution in [3.63, 3.8) is 0 Å². The Bertz CT molecular complexity index is 1290. The van der Waals surface area contributed by atoms with Gasteiger partial charge >= 0.3 is 0 Å². The van der Waals surface area contributed by atoms with Crippen LogP contribution in [0.2, 0.25) is 0 Å². The number of aliphatic hydroxyl groups excluding tert-OH is 1. The minimum Gasteiger partial charge on any atom is -0.497 e. The molecule has 0 radical (unpaired) electrons. The second-order valence-electron chi connectivity index (χ2n) is 9.62. The van der Waals surface area contributed by atoms with E-state index >= 15 is 0 Å². The Morgan fingerprint density at radius 2 is 1.68 bits per heavy atom. The van der Waals surface area contributed by atoms with E-state index in [1.807, 2.05) is 65.6 Å². The largest absolute Gasteiger partial charge is 0.497 e. The molecule has 1 N–H and O–H groups in total. The van der Waals surface area contributed by atoms with Crippen molar-refractivity contribution in [2.45, 2.75) is 38.1 Å². The van der Waals surface area contributed by atoms with Crippen LogP contribution in [-0.4, -0.2) is 52.0 Å². The predicted molar refractivity (Wildman–Crippen MR) is 145 cm³/mol. The van der Waals surface area contributed by atoms with Crippen LogP contribution in [0.5, 0.6) is 5.75 Å². The van der Waals surface area contributed by atoms with Gasteiger partial charge in [0.1, 0.15) is 5.75 Å². The zero-order valence-electron chi connectivity index (χ0n) is 21.2. The van der Waals surface area contributed by atoms with Gasteiger partial charge < -0.3 is 14.7 Å². The van der Waals surface area contributed by atoms with Crippen LogP contribution < -0.4 is 4.74 Å². The lowest BCUT2D eigenvalue weighted by Gasteiger charge is -2.39. The zero-order chi connectivity index (χ0) is 25.6. The maximum absolute atomic E-state index is 13.8. The SMILES string of the molecule is COc1ccc2nccc([C@@H](O)CN3CCCC(N(Cc4ccccc4)Cc4ccccc4)C3=O)c2c1. The van der Waals surface area contributed by atoms with Crippen LogP contribution in [0.15, 0.2) is 91.1 Å². The summed E-state index contributed by atoms with van der Waals surface area (Å²) in [5.74, 6) is 0.786. The van der Waals surface area contributed by atoms with Gasteiger partial charge in [-0.25, -0.2) is 0 Å².